The first-order valence-electron chi connectivity index (χ1n) is 14.2. The second kappa shape index (κ2) is 13.8. The highest BCUT2D eigenvalue weighted by molar-refractivity contribution is 14.1. The SMILES string of the molecule is C[Si](C)(C)CCOC(=O)c1ccc(C(c2ccc(C(=O)c3cccc(I)c3)[nH]2)c2ccc(C(=O)c3cccc(I)c3)[nH]2)cc1. The molecule has 0 saturated heterocycles. The van der Waals surface area contributed by atoms with Crippen LogP contribution in [0.4, 0.5) is 0 Å². The van der Waals surface area contributed by atoms with Gasteiger partial charge in [0.1, 0.15) is 0 Å². The van der Waals surface area contributed by atoms with E-state index in [0.717, 1.165) is 30.1 Å². The molecular formula is C35H32I2N2O4Si. The summed E-state index contributed by atoms with van der Waals surface area (Å²) >= 11 is 4.39. The Morgan fingerprint density at radius 3 is 1.64 bits per heavy atom. The number of aromatic nitrogens is 2. The number of esters is 1. The summed E-state index contributed by atoms with van der Waals surface area (Å²) in [5.74, 6) is -0.916. The van der Waals surface area contributed by atoms with Crippen molar-refractivity contribution in [1.29, 1.82) is 0 Å². The van der Waals surface area contributed by atoms with Gasteiger partial charge in [0.25, 0.3) is 0 Å². The topological polar surface area (TPSA) is 92.0 Å². The lowest BCUT2D eigenvalue weighted by atomic mass is 9.92. The number of ether oxygens (including phenoxy) is 1. The minimum atomic E-state index is -1.32. The zero-order valence-electron chi connectivity index (χ0n) is 24.6. The smallest absolute Gasteiger partial charge is 0.338 e. The van der Waals surface area contributed by atoms with Gasteiger partial charge in [-0.15, -0.1) is 0 Å². The second-order valence-electron chi connectivity index (χ2n) is 11.8. The van der Waals surface area contributed by atoms with Crippen LogP contribution in [0.5, 0.6) is 0 Å². The lowest BCUT2D eigenvalue weighted by Gasteiger charge is -2.17. The molecule has 44 heavy (non-hydrogen) atoms. The number of ketones is 2. The Morgan fingerprint density at radius 1 is 0.682 bits per heavy atom. The molecule has 0 amide bonds. The van der Waals surface area contributed by atoms with Crippen molar-refractivity contribution >= 4 is 70.8 Å². The molecule has 0 atom stereocenters. The molecular weight excluding hydrogens is 794 g/mol. The summed E-state index contributed by atoms with van der Waals surface area (Å²) in [5.41, 5.74) is 5.05. The summed E-state index contributed by atoms with van der Waals surface area (Å²) in [5, 5.41) is 0. The predicted octanol–water partition coefficient (Wildman–Crippen LogP) is 8.69. The Morgan fingerprint density at radius 2 is 1.18 bits per heavy atom. The van der Waals surface area contributed by atoms with Crippen LogP contribution in [0.15, 0.2) is 97.1 Å². The molecule has 0 radical (unpaired) electrons. The number of nitrogens with one attached hydrogen (secondary N) is 2. The van der Waals surface area contributed by atoms with E-state index in [2.05, 4.69) is 74.8 Å². The number of benzene rings is 3. The first kappa shape index (κ1) is 32.1. The van der Waals surface area contributed by atoms with Gasteiger partial charge in [-0.2, -0.15) is 0 Å². The van der Waals surface area contributed by atoms with E-state index < -0.39 is 8.07 Å². The Bertz CT molecular complexity index is 1720. The van der Waals surface area contributed by atoms with Gasteiger partial charge in [-0.25, -0.2) is 4.79 Å². The van der Waals surface area contributed by atoms with Crippen molar-refractivity contribution in [3.8, 4) is 0 Å². The van der Waals surface area contributed by atoms with E-state index in [1.165, 1.54) is 0 Å². The van der Waals surface area contributed by atoms with Gasteiger partial charge in [-0.1, -0.05) is 56.0 Å². The first-order chi connectivity index (χ1) is 21.0. The van der Waals surface area contributed by atoms with Crippen LogP contribution >= 0.6 is 45.2 Å². The molecule has 9 heteroatoms. The number of carbonyl (C=O) groups is 3. The highest BCUT2D eigenvalue weighted by Crippen LogP contribution is 2.32. The number of hydrogen-bond donors (Lipinski definition) is 2. The molecule has 5 aromatic rings. The van der Waals surface area contributed by atoms with Crippen LogP contribution < -0.4 is 0 Å². The fourth-order valence-corrected chi connectivity index (χ4v) is 6.67. The van der Waals surface area contributed by atoms with E-state index in [9.17, 15) is 14.4 Å². The number of aromatic amines is 2. The molecule has 3 aromatic carbocycles. The molecule has 2 heterocycles. The summed E-state index contributed by atoms with van der Waals surface area (Å²) < 4.78 is 7.50. The van der Waals surface area contributed by atoms with Crippen molar-refractivity contribution in [3.05, 3.63) is 149 Å². The maximum atomic E-state index is 13.3. The molecule has 0 aliphatic carbocycles. The fraction of sp³-hybridized carbons (Fsp3) is 0.171. The third-order valence-electron chi connectivity index (χ3n) is 7.27. The number of carbonyl (C=O) groups excluding carboxylic acids is 3. The average Bonchev–Trinajstić information content (AvgIpc) is 3.67. The molecule has 6 nitrogen and oxygen atoms in total. The number of rotatable bonds is 11. The lowest BCUT2D eigenvalue weighted by Crippen LogP contribution is -2.22. The fourth-order valence-electron chi connectivity index (χ4n) is 4.87. The predicted molar refractivity (Wildman–Crippen MR) is 193 cm³/mol. The molecule has 0 spiro atoms. The van der Waals surface area contributed by atoms with E-state index in [1.54, 1.807) is 36.4 Å². The summed E-state index contributed by atoms with van der Waals surface area (Å²) in [6.07, 6.45) is 0. The van der Waals surface area contributed by atoms with Crippen LogP contribution in [0.3, 0.4) is 0 Å². The van der Waals surface area contributed by atoms with Gasteiger partial charge in [-0.3, -0.25) is 9.59 Å². The Balaban J connectivity index is 1.47. The lowest BCUT2D eigenvalue weighted by molar-refractivity contribution is 0.0525. The molecule has 0 bridgehead atoms. The third kappa shape index (κ3) is 7.85. The van der Waals surface area contributed by atoms with Gasteiger partial charge in [0.2, 0.25) is 11.6 Å². The van der Waals surface area contributed by atoms with Crippen LogP contribution in [0.2, 0.25) is 25.7 Å². The number of hydrogen-bond acceptors (Lipinski definition) is 4. The summed E-state index contributed by atoms with van der Waals surface area (Å²) in [6.45, 7) is 7.15. The summed E-state index contributed by atoms with van der Waals surface area (Å²) in [6, 6.07) is 30.5. The van der Waals surface area contributed by atoms with Gasteiger partial charge in [0.15, 0.2) is 0 Å². The second-order valence-corrected chi connectivity index (χ2v) is 19.9. The maximum absolute atomic E-state index is 13.3. The normalized spacial score (nSPS) is 11.5. The zero-order valence-corrected chi connectivity index (χ0v) is 29.9. The van der Waals surface area contributed by atoms with E-state index >= 15 is 0 Å². The monoisotopic (exact) mass is 826 g/mol. The van der Waals surface area contributed by atoms with Crippen LogP contribution in [0.25, 0.3) is 0 Å². The van der Waals surface area contributed by atoms with E-state index in [4.69, 9.17) is 4.74 Å². The Hall–Kier alpha value is -3.29. The molecule has 0 fully saturated rings. The van der Waals surface area contributed by atoms with Crippen LogP contribution in [0, 0.1) is 7.14 Å². The molecule has 0 saturated carbocycles. The van der Waals surface area contributed by atoms with Crippen LogP contribution in [-0.2, 0) is 4.74 Å². The third-order valence-corrected chi connectivity index (χ3v) is 10.3. The molecule has 2 aromatic heterocycles. The van der Waals surface area contributed by atoms with E-state index in [0.29, 0.717) is 34.7 Å². The van der Waals surface area contributed by atoms with Gasteiger partial charge in [-0.05, 0) is 117 Å². The molecule has 0 aliphatic rings. The Labute approximate surface area is 285 Å². The molecule has 224 valence electrons. The van der Waals surface area contributed by atoms with Crippen molar-refractivity contribution in [2.24, 2.45) is 0 Å². The van der Waals surface area contributed by atoms with E-state index in [1.807, 2.05) is 60.7 Å². The standard InChI is InChI=1S/C35H32I2N2O4Si/c1-44(2,3)19-18-43-35(42)23-12-10-22(11-13-23)32(28-14-16-30(38-28)33(40)24-6-4-8-26(36)20-24)29-15-17-31(39-29)34(41)25-7-5-9-27(37)21-25/h4-17,20-21,32,38-39H,18-19H2,1-3H3. The average molecular weight is 827 g/mol. The van der Waals surface area contributed by atoms with Crippen molar-refractivity contribution in [2.75, 3.05) is 6.61 Å². The van der Waals surface area contributed by atoms with Gasteiger partial charge in [0, 0.05) is 37.7 Å². The zero-order chi connectivity index (χ0) is 31.4. The highest BCUT2D eigenvalue weighted by Gasteiger charge is 2.24. The largest absolute Gasteiger partial charge is 0.462 e. The Kier molecular flexibility index (Phi) is 10.1. The van der Waals surface area contributed by atoms with Crippen LogP contribution in [-0.4, -0.2) is 42.2 Å². The van der Waals surface area contributed by atoms with Gasteiger partial charge in [0.05, 0.1) is 29.5 Å². The van der Waals surface area contributed by atoms with Gasteiger partial charge < -0.3 is 14.7 Å². The van der Waals surface area contributed by atoms with Gasteiger partial charge >= 0.3 is 5.97 Å². The molecule has 0 unspecified atom stereocenters. The minimum absolute atomic E-state index is 0.106. The number of H-pyrrole nitrogens is 2. The quantitative estimate of drug-likeness (QED) is 0.0604. The van der Waals surface area contributed by atoms with Crippen molar-refractivity contribution in [2.45, 2.75) is 31.6 Å². The molecule has 5 rings (SSSR count). The van der Waals surface area contributed by atoms with Crippen molar-refractivity contribution in [1.82, 2.24) is 9.97 Å². The highest BCUT2D eigenvalue weighted by atomic mass is 127. The van der Waals surface area contributed by atoms with Crippen molar-refractivity contribution in [3.63, 3.8) is 0 Å². The van der Waals surface area contributed by atoms with Crippen molar-refractivity contribution < 1.29 is 19.1 Å². The van der Waals surface area contributed by atoms with E-state index in [-0.39, 0.29) is 23.5 Å². The summed E-state index contributed by atoms with van der Waals surface area (Å²) in [7, 11) is -1.32. The minimum Gasteiger partial charge on any atom is -0.462 e. The molecule has 0 aliphatic heterocycles. The van der Waals surface area contributed by atoms with Crippen LogP contribution in [0.1, 0.15) is 65.3 Å². The number of halogens is 2. The first-order valence-corrected chi connectivity index (χ1v) is 20.1. The summed E-state index contributed by atoms with van der Waals surface area (Å²) in [4.78, 5) is 46.0. The molecule has 2 N–H and O–H groups in total. The maximum Gasteiger partial charge on any atom is 0.338 e.